The van der Waals surface area contributed by atoms with Gasteiger partial charge in [0.05, 0.1) is 10.7 Å². The van der Waals surface area contributed by atoms with Crippen molar-refractivity contribution in [1.82, 2.24) is 10.3 Å². The van der Waals surface area contributed by atoms with E-state index in [0.717, 1.165) is 9.37 Å². The summed E-state index contributed by atoms with van der Waals surface area (Å²) in [6, 6.07) is 9.32. The molecule has 0 aliphatic rings. The first-order valence-corrected chi connectivity index (χ1v) is 8.11. The molecule has 0 spiro atoms. The third kappa shape index (κ3) is 3.32. The molecule has 0 atom stereocenters. The molecule has 1 heterocycles. The number of carbonyl (C=O) groups excluding carboxylic acids is 1. The molecule has 2 aromatic carbocycles. The van der Waals surface area contributed by atoms with Crippen molar-refractivity contribution in [3.05, 3.63) is 45.9 Å². The van der Waals surface area contributed by atoms with Gasteiger partial charge >= 0.3 is 6.03 Å². The molecule has 0 saturated heterocycles. The summed E-state index contributed by atoms with van der Waals surface area (Å²) in [5.74, 6) is 0. The van der Waals surface area contributed by atoms with E-state index in [1.165, 1.54) is 0 Å². The SMILES string of the molecule is NC(=O)N(C(=S)Nc1ccc(Br)c(Cl)c1)c1ccc2nonc2c1. The number of halogens is 2. The lowest BCUT2D eigenvalue weighted by atomic mass is 10.2. The minimum atomic E-state index is -0.744. The number of benzene rings is 2. The van der Waals surface area contributed by atoms with E-state index in [0.29, 0.717) is 27.4 Å². The number of carbonyl (C=O) groups is 1. The molecular weight excluding hydrogens is 418 g/mol. The predicted molar refractivity (Wildman–Crippen MR) is 99.2 cm³/mol. The first kappa shape index (κ1) is 16.6. The first-order chi connectivity index (χ1) is 11.5. The van der Waals surface area contributed by atoms with Crippen LogP contribution in [0.1, 0.15) is 0 Å². The van der Waals surface area contributed by atoms with Crippen molar-refractivity contribution in [3.63, 3.8) is 0 Å². The van der Waals surface area contributed by atoms with Gasteiger partial charge in [0.15, 0.2) is 5.11 Å². The Balaban J connectivity index is 1.90. The quantitative estimate of drug-likeness (QED) is 0.603. The van der Waals surface area contributed by atoms with Gasteiger partial charge in [-0.1, -0.05) is 11.6 Å². The van der Waals surface area contributed by atoms with E-state index >= 15 is 0 Å². The average Bonchev–Trinajstić information content (AvgIpc) is 2.98. The zero-order valence-electron chi connectivity index (χ0n) is 11.9. The average molecular weight is 427 g/mol. The van der Waals surface area contributed by atoms with Crippen molar-refractivity contribution < 1.29 is 9.42 Å². The summed E-state index contributed by atoms with van der Waals surface area (Å²) >= 11 is 14.6. The monoisotopic (exact) mass is 425 g/mol. The highest BCUT2D eigenvalue weighted by atomic mass is 79.9. The fourth-order valence-electron chi connectivity index (χ4n) is 2.01. The summed E-state index contributed by atoms with van der Waals surface area (Å²) in [7, 11) is 0. The summed E-state index contributed by atoms with van der Waals surface area (Å²) in [6.07, 6.45) is 0. The number of aromatic nitrogens is 2. The Hall–Kier alpha value is -2.23. The Morgan fingerprint density at radius 3 is 2.71 bits per heavy atom. The molecule has 0 bridgehead atoms. The second-order valence-corrected chi connectivity index (χ2v) is 6.32. The second kappa shape index (κ2) is 6.71. The normalized spacial score (nSPS) is 10.6. The van der Waals surface area contributed by atoms with Gasteiger partial charge in [-0.25, -0.2) is 14.3 Å². The number of nitrogens with one attached hydrogen (secondary N) is 1. The third-order valence-corrected chi connectivity index (χ3v) is 4.61. The number of urea groups is 1. The molecule has 2 amide bonds. The summed E-state index contributed by atoms with van der Waals surface area (Å²) in [5, 5.41) is 11.0. The highest BCUT2D eigenvalue weighted by molar-refractivity contribution is 9.10. The van der Waals surface area contributed by atoms with Gasteiger partial charge in [-0.15, -0.1) is 0 Å². The van der Waals surface area contributed by atoms with Crippen molar-refractivity contribution in [3.8, 4) is 0 Å². The number of amides is 2. The number of anilines is 2. The lowest BCUT2D eigenvalue weighted by molar-refractivity contribution is 0.256. The van der Waals surface area contributed by atoms with Crippen LogP contribution in [-0.4, -0.2) is 21.5 Å². The molecule has 0 aliphatic carbocycles. The zero-order valence-corrected chi connectivity index (χ0v) is 15.0. The fraction of sp³-hybridized carbons (Fsp3) is 0. The van der Waals surface area contributed by atoms with E-state index in [2.05, 4.69) is 36.2 Å². The predicted octanol–water partition coefficient (Wildman–Crippen LogP) is 3.92. The Labute approximate surface area is 154 Å². The molecule has 3 rings (SSSR count). The number of nitrogens with two attached hydrogens (primary N) is 1. The van der Waals surface area contributed by atoms with Crippen molar-refractivity contribution >= 4 is 73.3 Å². The van der Waals surface area contributed by atoms with Gasteiger partial charge in [0, 0.05) is 10.2 Å². The molecule has 122 valence electrons. The lowest BCUT2D eigenvalue weighted by Crippen LogP contribution is -2.43. The molecule has 7 nitrogen and oxygen atoms in total. The van der Waals surface area contributed by atoms with Gasteiger partial charge in [0.25, 0.3) is 0 Å². The van der Waals surface area contributed by atoms with E-state index < -0.39 is 6.03 Å². The Morgan fingerprint density at radius 2 is 2.00 bits per heavy atom. The number of fused-ring (bicyclic) bond motifs is 1. The number of nitrogens with zero attached hydrogens (tertiary/aromatic N) is 3. The number of primary amides is 1. The molecule has 0 unspecified atom stereocenters. The molecule has 10 heteroatoms. The molecule has 3 N–H and O–H groups in total. The Bertz CT molecular complexity index is 948. The Kier molecular flexibility index (Phi) is 4.65. The minimum Gasteiger partial charge on any atom is -0.351 e. The topological polar surface area (TPSA) is 97.3 Å². The molecule has 3 aromatic rings. The van der Waals surface area contributed by atoms with Gasteiger partial charge in [0.2, 0.25) is 0 Å². The molecule has 0 saturated carbocycles. The maximum atomic E-state index is 11.9. The Morgan fingerprint density at radius 1 is 1.25 bits per heavy atom. The first-order valence-electron chi connectivity index (χ1n) is 6.53. The largest absolute Gasteiger partial charge is 0.351 e. The highest BCUT2D eigenvalue weighted by Gasteiger charge is 2.19. The fourth-order valence-corrected chi connectivity index (χ4v) is 2.75. The molecule has 1 aromatic heterocycles. The van der Waals surface area contributed by atoms with Crippen molar-refractivity contribution in [2.75, 3.05) is 10.2 Å². The van der Waals surface area contributed by atoms with E-state index in [1.807, 2.05) is 0 Å². The van der Waals surface area contributed by atoms with E-state index in [4.69, 9.17) is 29.6 Å². The molecular formula is C14H9BrClN5O2S. The summed E-state index contributed by atoms with van der Waals surface area (Å²) < 4.78 is 5.39. The second-order valence-electron chi connectivity index (χ2n) is 4.67. The van der Waals surface area contributed by atoms with E-state index in [9.17, 15) is 4.79 Å². The standard InChI is InChI=1S/C14H9BrClN5O2S/c15-9-3-1-7(5-10(9)16)18-14(24)21(13(17)22)8-2-4-11-12(6-8)20-23-19-11/h1-6H,(H2,17,22)(H,18,24). The van der Waals surface area contributed by atoms with Crippen LogP contribution >= 0.6 is 39.7 Å². The van der Waals surface area contributed by atoms with Crippen LogP contribution in [0.25, 0.3) is 11.0 Å². The molecule has 0 aliphatic heterocycles. The smallest absolute Gasteiger partial charge is 0.325 e. The van der Waals surface area contributed by atoms with E-state index in [1.54, 1.807) is 36.4 Å². The summed E-state index contributed by atoms with van der Waals surface area (Å²) in [4.78, 5) is 13.0. The maximum Gasteiger partial charge on any atom is 0.325 e. The van der Waals surface area contributed by atoms with Crippen molar-refractivity contribution in [2.45, 2.75) is 0 Å². The van der Waals surface area contributed by atoms with Gasteiger partial charge in [-0.05, 0) is 74.9 Å². The molecule has 0 radical (unpaired) electrons. The van der Waals surface area contributed by atoms with Gasteiger partial charge in [-0.3, -0.25) is 0 Å². The van der Waals surface area contributed by atoms with Crippen LogP contribution in [0.5, 0.6) is 0 Å². The third-order valence-electron chi connectivity index (χ3n) is 3.09. The maximum absolute atomic E-state index is 11.9. The van der Waals surface area contributed by atoms with Crippen LogP contribution < -0.4 is 16.0 Å². The van der Waals surface area contributed by atoms with E-state index in [-0.39, 0.29) is 5.11 Å². The van der Waals surface area contributed by atoms with Crippen LogP contribution in [0.15, 0.2) is 45.5 Å². The van der Waals surface area contributed by atoms with Crippen LogP contribution in [0.2, 0.25) is 5.02 Å². The number of rotatable bonds is 2. The lowest BCUT2D eigenvalue weighted by Gasteiger charge is -2.22. The van der Waals surface area contributed by atoms with Gasteiger partial charge in [0.1, 0.15) is 11.0 Å². The number of hydrogen-bond donors (Lipinski definition) is 2. The van der Waals surface area contributed by atoms with Crippen LogP contribution in [0.4, 0.5) is 16.2 Å². The van der Waals surface area contributed by atoms with Gasteiger partial charge in [-0.2, -0.15) is 0 Å². The van der Waals surface area contributed by atoms with Crippen molar-refractivity contribution in [2.24, 2.45) is 5.73 Å². The minimum absolute atomic E-state index is 0.0942. The summed E-state index contributed by atoms with van der Waals surface area (Å²) in [5.41, 5.74) is 7.55. The van der Waals surface area contributed by atoms with Crippen LogP contribution in [0.3, 0.4) is 0 Å². The number of thiocarbonyl (C=S) groups is 1. The number of hydrogen-bond acceptors (Lipinski definition) is 5. The van der Waals surface area contributed by atoms with Crippen molar-refractivity contribution in [1.29, 1.82) is 0 Å². The molecule has 0 fully saturated rings. The van der Waals surface area contributed by atoms with Crippen LogP contribution in [-0.2, 0) is 0 Å². The zero-order chi connectivity index (χ0) is 17.3. The van der Waals surface area contributed by atoms with Gasteiger partial charge < -0.3 is 11.1 Å². The highest BCUT2D eigenvalue weighted by Crippen LogP contribution is 2.26. The molecule has 24 heavy (non-hydrogen) atoms. The summed E-state index contributed by atoms with van der Waals surface area (Å²) in [6.45, 7) is 0. The van der Waals surface area contributed by atoms with Crippen LogP contribution in [0, 0.1) is 0 Å².